The number of benzene rings is 2. The average Bonchev–Trinajstić information content (AvgIpc) is 2.99. The van der Waals surface area contributed by atoms with Crippen molar-refractivity contribution in [3.8, 4) is 11.3 Å². The lowest BCUT2D eigenvalue weighted by Crippen LogP contribution is -2.39. The van der Waals surface area contributed by atoms with Crippen molar-refractivity contribution < 1.29 is 26.7 Å². The van der Waals surface area contributed by atoms with Crippen LogP contribution in [0.1, 0.15) is 24.3 Å². The molecule has 0 bridgehead atoms. The maximum absolute atomic E-state index is 14.3. The summed E-state index contributed by atoms with van der Waals surface area (Å²) in [6.07, 6.45) is -1.89. The third kappa shape index (κ3) is 3.71. The number of rotatable bonds is 5. The van der Waals surface area contributed by atoms with Gasteiger partial charge in [-0.25, -0.2) is 22.0 Å². The zero-order valence-electron chi connectivity index (χ0n) is 15.1. The number of nitrogens with one attached hydrogen (secondary N) is 2. The molecule has 1 fully saturated rings. The van der Waals surface area contributed by atoms with Crippen molar-refractivity contribution >= 4 is 16.8 Å². The van der Waals surface area contributed by atoms with E-state index in [9.17, 15) is 26.7 Å². The summed E-state index contributed by atoms with van der Waals surface area (Å²) >= 11 is 0. The Balaban J connectivity index is 1.69. The van der Waals surface area contributed by atoms with E-state index in [2.05, 4.69) is 10.3 Å². The number of aromatic amines is 1. The Hall–Kier alpha value is -2.90. The van der Waals surface area contributed by atoms with E-state index in [0.717, 1.165) is 6.07 Å². The standard InChI is InChI=1S/C21H17F5N2O/c22-13-3-1-10(2-4-13)19-18(15-7-14(23)8-16(24)20(15)28-19)11-5-12(6-11)21(29)27-9-17(25)26/h1-4,7-8,11-12,17,28H,5-6,9H2,(H,27,29). The van der Waals surface area contributed by atoms with Gasteiger partial charge in [-0.15, -0.1) is 0 Å². The fraction of sp³-hybridized carbons (Fsp3) is 0.286. The smallest absolute Gasteiger partial charge is 0.255 e. The molecule has 2 aromatic carbocycles. The predicted octanol–water partition coefficient (Wildman–Crippen LogP) is 5.13. The second-order valence-corrected chi connectivity index (χ2v) is 7.23. The topological polar surface area (TPSA) is 44.9 Å². The first kappa shape index (κ1) is 19.4. The van der Waals surface area contributed by atoms with Crippen LogP contribution in [0.3, 0.4) is 0 Å². The number of amides is 1. The molecule has 2 N–H and O–H groups in total. The lowest BCUT2D eigenvalue weighted by Gasteiger charge is -2.35. The summed E-state index contributed by atoms with van der Waals surface area (Å²) in [5.41, 5.74) is 1.90. The maximum Gasteiger partial charge on any atom is 0.255 e. The number of halogens is 5. The molecule has 0 saturated heterocycles. The van der Waals surface area contributed by atoms with Crippen LogP contribution in [-0.2, 0) is 4.79 Å². The van der Waals surface area contributed by atoms with Crippen LogP contribution < -0.4 is 5.32 Å². The Bertz CT molecular complexity index is 1060. The molecule has 4 rings (SSSR count). The van der Waals surface area contributed by atoms with E-state index in [4.69, 9.17) is 0 Å². The van der Waals surface area contributed by atoms with Crippen LogP contribution in [0.25, 0.3) is 22.2 Å². The van der Waals surface area contributed by atoms with E-state index in [1.165, 1.54) is 30.3 Å². The molecule has 1 aliphatic carbocycles. The van der Waals surface area contributed by atoms with Gasteiger partial charge in [-0.3, -0.25) is 4.79 Å². The molecule has 1 heterocycles. The molecule has 152 valence electrons. The van der Waals surface area contributed by atoms with Gasteiger partial charge in [0.25, 0.3) is 6.43 Å². The van der Waals surface area contributed by atoms with E-state index in [1.54, 1.807) is 0 Å². The number of hydrogen-bond donors (Lipinski definition) is 2. The van der Waals surface area contributed by atoms with Crippen molar-refractivity contribution in [1.29, 1.82) is 0 Å². The number of hydrogen-bond acceptors (Lipinski definition) is 1. The van der Waals surface area contributed by atoms with Gasteiger partial charge in [-0.2, -0.15) is 0 Å². The fourth-order valence-corrected chi connectivity index (χ4v) is 3.90. The third-order valence-electron chi connectivity index (χ3n) is 5.35. The van der Waals surface area contributed by atoms with E-state index < -0.39 is 42.2 Å². The molecule has 3 aromatic rings. The first-order chi connectivity index (χ1) is 13.8. The van der Waals surface area contributed by atoms with Gasteiger partial charge in [-0.1, -0.05) is 0 Å². The largest absolute Gasteiger partial charge is 0.352 e. The highest BCUT2D eigenvalue weighted by atomic mass is 19.3. The summed E-state index contributed by atoms with van der Waals surface area (Å²) in [5, 5.41) is 2.56. The van der Waals surface area contributed by atoms with Gasteiger partial charge in [0.2, 0.25) is 5.91 Å². The number of carbonyl (C=O) groups is 1. The highest BCUT2D eigenvalue weighted by Gasteiger charge is 2.38. The molecule has 29 heavy (non-hydrogen) atoms. The molecule has 1 saturated carbocycles. The molecule has 0 atom stereocenters. The van der Waals surface area contributed by atoms with Crippen molar-refractivity contribution in [1.82, 2.24) is 10.3 Å². The number of H-pyrrole nitrogens is 1. The van der Waals surface area contributed by atoms with Crippen molar-refractivity contribution in [2.24, 2.45) is 5.92 Å². The van der Waals surface area contributed by atoms with Crippen LogP contribution in [0.2, 0.25) is 0 Å². The van der Waals surface area contributed by atoms with Crippen molar-refractivity contribution in [2.45, 2.75) is 25.2 Å². The Morgan fingerprint density at radius 3 is 2.41 bits per heavy atom. The second-order valence-electron chi connectivity index (χ2n) is 7.23. The second kappa shape index (κ2) is 7.50. The molecule has 0 radical (unpaired) electrons. The van der Waals surface area contributed by atoms with Crippen molar-refractivity contribution in [2.75, 3.05) is 6.54 Å². The summed E-state index contributed by atoms with van der Waals surface area (Å²) in [4.78, 5) is 15.0. The molecule has 3 nitrogen and oxygen atoms in total. The van der Waals surface area contributed by atoms with E-state index in [-0.39, 0.29) is 11.4 Å². The molecule has 1 aliphatic rings. The van der Waals surface area contributed by atoms with Crippen LogP contribution in [-0.4, -0.2) is 23.9 Å². The first-order valence-corrected chi connectivity index (χ1v) is 9.16. The molecular formula is C21H17F5N2O. The van der Waals surface area contributed by atoms with E-state index in [1.807, 2.05) is 0 Å². The van der Waals surface area contributed by atoms with Gasteiger partial charge in [0.05, 0.1) is 17.8 Å². The minimum absolute atomic E-state index is 0.131. The Kier molecular flexibility index (Phi) is 5.02. The van der Waals surface area contributed by atoms with Gasteiger partial charge >= 0.3 is 0 Å². The lowest BCUT2D eigenvalue weighted by atomic mass is 9.70. The summed E-state index contributed by atoms with van der Waals surface area (Å²) in [5.74, 6) is -2.99. The number of alkyl halides is 2. The van der Waals surface area contributed by atoms with Crippen LogP contribution in [0.4, 0.5) is 22.0 Å². The summed E-state index contributed by atoms with van der Waals surface area (Å²) in [7, 11) is 0. The van der Waals surface area contributed by atoms with Gasteiger partial charge < -0.3 is 10.3 Å². The minimum Gasteiger partial charge on any atom is -0.352 e. The quantitative estimate of drug-likeness (QED) is 0.565. The van der Waals surface area contributed by atoms with Crippen molar-refractivity contribution in [3.05, 3.63) is 59.4 Å². The molecule has 0 spiro atoms. The first-order valence-electron chi connectivity index (χ1n) is 9.16. The Labute approximate surface area is 162 Å². The highest BCUT2D eigenvalue weighted by molar-refractivity contribution is 5.92. The average molecular weight is 408 g/mol. The van der Waals surface area contributed by atoms with Crippen LogP contribution in [0, 0.1) is 23.4 Å². The summed E-state index contributed by atoms with van der Waals surface area (Å²) in [6.45, 7) is -0.704. The number of carbonyl (C=O) groups excluding carboxylic acids is 1. The maximum atomic E-state index is 14.3. The molecular weight excluding hydrogens is 391 g/mol. The lowest BCUT2D eigenvalue weighted by molar-refractivity contribution is -0.128. The van der Waals surface area contributed by atoms with Gasteiger partial charge in [0.15, 0.2) is 0 Å². The van der Waals surface area contributed by atoms with Crippen LogP contribution >= 0.6 is 0 Å². The SMILES string of the molecule is O=C(NCC(F)F)C1CC(c2c(-c3ccc(F)cc3)[nH]c3c(F)cc(F)cc23)C1. The molecule has 1 aromatic heterocycles. The summed E-state index contributed by atoms with van der Waals surface area (Å²) in [6, 6.07) is 7.60. The van der Waals surface area contributed by atoms with Gasteiger partial charge in [0, 0.05) is 17.4 Å². The predicted molar refractivity (Wildman–Crippen MR) is 98.1 cm³/mol. The summed E-state index contributed by atoms with van der Waals surface area (Å²) < 4.78 is 66.1. The van der Waals surface area contributed by atoms with E-state index >= 15 is 0 Å². The molecule has 8 heteroatoms. The van der Waals surface area contributed by atoms with E-state index in [0.29, 0.717) is 35.0 Å². The molecule has 0 unspecified atom stereocenters. The molecule has 1 amide bonds. The van der Waals surface area contributed by atoms with Crippen LogP contribution in [0.15, 0.2) is 36.4 Å². The number of aromatic nitrogens is 1. The third-order valence-corrected chi connectivity index (χ3v) is 5.35. The highest BCUT2D eigenvalue weighted by Crippen LogP contribution is 2.48. The zero-order chi connectivity index (χ0) is 20.7. The van der Waals surface area contributed by atoms with Gasteiger partial charge in [-0.05, 0) is 60.2 Å². The number of fused-ring (bicyclic) bond motifs is 1. The zero-order valence-corrected chi connectivity index (χ0v) is 15.1. The van der Waals surface area contributed by atoms with Gasteiger partial charge in [0.1, 0.15) is 17.5 Å². The minimum atomic E-state index is -2.63. The Morgan fingerprint density at radius 2 is 1.76 bits per heavy atom. The molecule has 0 aliphatic heterocycles. The normalized spacial score (nSPS) is 18.8. The van der Waals surface area contributed by atoms with Crippen LogP contribution in [0.5, 0.6) is 0 Å². The van der Waals surface area contributed by atoms with Crippen molar-refractivity contribution in [3.63, 3.8) is 0 Å². The Morgan fingerprint density at radius 1 is 1.07 bits per heavy atom. The fourth-order valence-electron chi connectivity index (χ4n) is 3.90. The monoisotopic (exact) mass is 408 g/mol.